The Hall–Kier alpha value is -0.940. The maximum Gasteiger partial charge on any atom is 0.407 e. The van der Waals surface area contributed by atoms with Crippen LogP contribution in [0.25, 0.3) is 0 Å². The van der Waals surface area contributed by atoms with E-state index in [9.17, 15) is 4.57 Å². The third-order valence-corrected chi connectivity index (χ3v) is 3.00. The summed E-state index contributed by atoms with van der Waals surface area (Å²) < 4.78 is 11.6. The van der Waals surface area contributed by atoms with Gasteiger partial charge in [-0.15, -0.1) is 0 Å². The summed E-state index contributed by atoms with van der Waals surface area (Å²) in [5, 5.41) is 0.907. The maximum atomic E-state index is 11.6. The second-order valence-corrected chi connectivity index (χ2v) is 4.30. The summed E-state index contributed by atoms with van der Waals surface area (Å²) >= 11 is 0. The summed E-state index contributed by atoms with van der Waals surface area (Å²) in [6.07, 6.45) is 4.11. The van der Waals surface area contributed by atoms with E-state index in [1.807, 2.05) is 36.4 Å². The van der Waals surface area contributed by atoms with Crippen molar-refractivity contribution in [2.24, 2.45) is 0 Å². The molecule has 1 aromatic carbocycles. The van der Waals surface area contributed by atoms with Gasteiger partial charge in [-0.2, -0.15) is 0 Å². The molecule has 0 aromatic heterocycles. The average molecular weight is 193 g/mol. The number of hydrogen-bond donors (Lipinski definition) is 0. The van der Waals surface area contributed by atoms with Gasteiger partial charge < -0.3 is 0 Å². The van der Waals surface area contributed by atoms with Crippen molar-refractivity contribution in [1.29, 1.82) is 0 Å². The molecule has 0 aliphatic rings. The molecule has 68 valence electrons. The lowest BCUT2D eigenvalue weighted by molar-refractivity contribution is 0.597. The molecule has 0 fully saturated rings. The minimum absolute atomic E-state index is 0.907. The van der Waals surface area contributed by atoms with E-state index >= 15 is 0 Å². The second-order valence-electron chi connectivity index (χ2n) is 2.83. The fourth-order valence-corrected chi connectivity index (χ4v) is 1.98. The average Bonchev–Trinajstić information content (AvgIpc) is 2.19. The molecule has 1 atom stereocenters. The van der Waals surface area contributed by atoms with Crippen LogP contribution in [0.2, 0.25) is 0 Å². The van der Waals surface area contributed by atoms with Crippen molar-refractivity contribution in [2.45, 2.75) is 19.8 Å². The minimum Gasteiger partial charge on any atom is -0.0651 e. The second kappa shape index (κ2) is 5.66. The van der Waals surface area contributed by atoms with Crippen molar-refractivity contribution in [3.05, 3.63) is 42.2 Å². The van der Waals surface area contributed by atoms with E-state index in [1.165, 1.54) is 0 Å². The molecule has 0 radical (unpaired) electrons. The maximum absolute atomic E-state index is 11.6. The SMILES string of the molecule is CCCC=C[P+](=O)c1ccccc1. The minimum atomic E-state index is -1.32. The summed E-state index contributed by atoms with van der Waals surface area (Å²) in [7, 11) is -1.32. The lowest BCUT2D eigenvalue weighted by atomic mass is 10.3. The summed E-state index contributed by atoms with van der Waals surface area (Å²) in [6, 6.07) is 9.55. The van der Waals surface area contributed by atoms with Gasteiger partial charge in [0.2, 0.25) is 0 Å². The van der Waals surface area contributed by atoms with Gasteiger partial charge >= 0.3 is 7.80 Å². The van der Waals surface area contributed by atoms with Crippen LogP contribution in [0.5, 0.6) is 0 Å². The van der Waals surface area contributed by atoms with E-state index < -0.39 is 7.80 Å². The van der Waals surface area contributed by atoms with Gasteiger partial charge in [0.05, 0.1) is 0 Å². The Labute approximate surface area is 80.3 Å². The summed E-state index contributed by atoms with van der Waals surface area (Å²) in [4.78, 5) is 0. The summed E-state index contributed by atoms with van der Waals surface area (Å²) in [5.41, 5.74) is 0. The molecule has 0 amide bonds. The predicted octanol–water partition coefficient (Wildman–Crippen LogP) is 3.45. The van der Waals surface area contributed by atoms with Crippen LogP contribution in [0.3, 0.4) is 0 Å². The van der Waals surface area contributed by atoms with Crippen molar-refractivity contribution in [2.75, 3.05) is 0 Å². The van der Waals surface area contributed by atoms with Crippen LogP contribution >= 0.6 is 7.80 Å². The Bertz CT molecular complexity index is 290. The lowest BCUT2D eigenvalue weighted by Gasteiger charge is -1.82. The first-order valence-corrected chi connectivity index (χ1v) is 5.85. The van der Waals surface area contributed by atoms with Crippen molar-refractivity contribution < 1.29 is 4.57 Å². The van der Waals surface area contributed by atoms with Gasteiger partial charge in [-0.1, -0.05) is 36.1 Å². The monoisotopic (exact) mass is 193 g/mol. The molecule has 0 saturated heterocycles. The molecular formula is C11H14OP+. The van der Waals surface area contributed by atoms with E-state index in [2.05, 4.69) is 6.92 Å². The van der Waals surface area contributed by atoms with Gasteiger partial charge in [-0.25, -0.2) is 0 Å². The van der Waals surface area contributed by atoms with Gasteiger partial charge in [0.1, 0.15) is 0 Å². The standard InChI is InChI=1S/C11H14OP/c1-2-3-7-10-13(12)11-8-5-4-6-9-11/h4-10H,2-3H2,1H3/q+1. The Morgan fingerprint density at radius 3 is 2.62 bits per heavy atom. The molecule has 0 aliphatic carbocycles. The van der Waals surface area contributed by atoms with Crippen molar-refractivity contribution >= 4 is 13.1 Å². The number of benzene rings is 1. The molecular weight excluding hydrogens is 179 g/mol. The highest BCUT2D eigenvalue weighted by Gasteiger charge is 2.13. The molecule has 0 saturated carbocycles. The molecule has 2 heteroatoms. The Kier molecular flexibility index (Phi) is 4.42. The van der Waals surface area contributed by atoms with Crippen LogP contribution in [0.4, 0.5) is 0 Å². The molecule has 1 rings (SSSR count). The van der Waals surface area contributed by atoms with Gasteiger partial charge in [0.25, 0.3) is 0 Å². The molecule has 0 N–H and O–H groups in total. The zero-order chi connectivity index (χ0) is 9.52. The molecule has 1 aromatic rings. The highest BCUT2D eigenvalue weighted by Crippen LogP contribution is 2.21. The lowest BCUT2D eigenvalue weighted by Crippen LogP contribution is -1.91. The predicted molar refractivity (Wildman–Crippen MR) is 57.7 cm³/mol. The van der Waals surface area contributed by atoms with Gasteiger partial charge in [-0.3, -0.25) is 0 Å². The molecule has 0 bridgehead atoms. The smallest absolute Gasteiger partial charge is 0.0651 e. The van der Waals surface area contributed by atoms with Crippen LogP contribution in [0, 0.1) is 0 Å². The number of hydrogen-bond acceptors (Lipinski definition) is 1. The third-order valence-electron chi connectivity index (χ3n) is 1.71. The molecule has 0 heterocycles. The zero-order valence-corrected chi connectivity index (χ0v) is 8.71. The van der Waals surface area contributed by atoms with E-state index in [4.69, 9.17) is 0 Å². The number of rotatable bonds is 4. The Morgan fingerprint density at radius 2 is 2.00 bits per heavy atom. The van der Waals surface area contributed by atoms with Gasteiger partial charge in [0.15, 0.2) is 11.1 Å². The molecule has 0 aliphatic heterocycles. The first-order valence-electron chi connectivity index (χ1n) is 4.52. The Balaban J connectivity index is 2.59. The normalized spacial score (nSPS) is 11.9. The highest BCUT2D eigenvalue weighted by molar-refractivity contribution is 7.56. The highest BCUT2D eigenvalue weighted by atomic mass is 31.1. The Morgan fingerprint density at radius 1 is 1.31 bits per heavy atom. The topological polar surface area (TPSA) is 17.1 Å². The van der Waals surface area contributed by atoms with Gasteiger partial charge in [0, 0.05) is 0 Å². The number of unbranched alkanes of at least 4 members (excludes halogenated alkanes) is 1. The van der Waals surface area contributed by atoms with Crippen LogP contribution in [-0.2, 0) is 4.57 Å². The quantitative estimate of drug-likeness (QED) is 0.669. The summed E-state index contributed by atoms with van der Waals surface area (Å²) in [5.74, 6) is 1.80. The van der Waals surface area contributed by atoms with E-state index in [-0.39, 0.29) is 0 Å². The van der Waals surface area contributed by atoms with Crippen LogP contribution in [0.1, 0.15) is 19.8 Å². The fraction of sp³-hybridized carbons (Fsp3) is 0.273. The fourth-order valence-electron chi connectivity index (χ4n) is 0.998. The van der Waals surface area contributed by atoms with Crippen molar-refractivity contribution in [3.8, 4) is 0 Å². The van der Waals surface area contributed by atoms with E-state index in [0.29, 0.717) is 0 Å². The molecule has 0 spiro atoms. The van der Waals surface area contributed by atoms with Crippen LogP contribution in [-0.4, -0.2) is 0 Å². The van der Waals surface area contributed by atoms with Gasteiger partial charge in [-0.05, 0) is 24.6 Å². The first-order chi connectivity index (χ1) is 6.34. The van der Waals surface area contributed by atoms with Crippen molar-refractivity contribution in [3.63, 3.8) is 0 Å². The van der Waals surface area contributed by atoms with E-state index in [0.717, 1.165) is 18.1 Å². The number of allylic oxidation sites excluding steroid dienone is 1. The summed E-state index contributed by atoms with van der Waals surface area (Å²) in [6.45, 7) is 2.11. The van der Waals surface area contributed by atoms with Crippen molar-refractivity contribution in [1.82, 2.24) is 0 Å². The zero-order valence-electron chi connectivity index (χ0n) is 7.81. The first kappa shape index (κ1) is 10.1. The van der Waals surface area contributed by atoms with Crippen LogP contribution < -0.4 is 5.30 Å². The van der Waals surface area contributed by atoms with E-state index in [1.54, 1.807) is 5.82 Å². The molecule has 13 heavy (non-hydrogen) atoms. The molecule has 1 unspecified atom stereocenters. The largest absolute Gasteiger partial charge is 0.407 e. The van der Waals surface area contributed by atoms with Crippen LogP contribution in [0.15, 0.2) is 42.2 Å². The third kappa shape index (κ3) is 3.52. The molecule has 1 nitrogen and oxygen atoms in total.